The van der Waals surface area contributed by atoms with Crippen LogP contribution in [0.2, 0.25) is 0 Å². The van der Waals surface area contributed by atoms with Crippen molar-refractivity contribution >= 4 is 0 Å². The molecule has 0 atom stereocenters. The van der Waals surface area contributed by atoms with Crippen LogP contribution in [0.1, 0.15) is 113 Å². The van der Waals surface area contributed by atoms with Crippen molar-refractivity contribution < 1.29 is 9.47 Å². The molecule has 5 rings (SSSR count). The van der Waals surface area contributed by atoms with Crippen LogP contribution < -0.4 is 9.47 Å². The molecule has 4 aromatic heterocycles. The van der Waals surface area contributed by atoms with Crippen molar-refractivity contribution in [2.75, 3.05) is 13.2 Å². The lowest BCUT2D eigenvalue weighted by Crippen LogP contribution is -2.03. The highest BCUT2D eigenvalue weighted by Crippen LogP contribution is 2.29. The number of ether oxygens (including phenoxy) is 2. The zero-order chi connectivity index (χ0) is 36.1. The first-order chi connectivity index (χ1) is 25.7. The molecule has 5 aromatic rings. The molecule has 0 unspecified atom stereocenters. The molecule has 0 N–H and O–H groups in total. The maximum Gasteiger partial charge on any atom is 0.136 e. The van der Waals surface area contributed by atoms with Crippen LogP contribution in [0.15, 0.2) is 97.6 Å². The number of nitrogens with zero attached hydrogens (tertiary/aromatic N) is 4. The topological polar surface area (TPSA) is 70.0 Å². The third kappa shape index (κ3) is 12.4. The van der Waals surface area contributed by atoms with E-state index in [1.54, 1.807) is 24.8 Å². The molecule has 1 aromatic carbocycles. The largest absolute Gasteiger partial charge is 0.492 e. The Balaban J connectivity index is 1.41. The van der Waals surface area contributed by atoms with Gasteiger partial charge in [0.1, 0.15) is 11.5 Å². The van der Waals surface area contributed by atoms with Crippen LogP contribution in [0.25, 0.3) is 22.8 Å². The number of benzene rings is 1. The highest BCUT2D eigenvalue weighted by molar-refractivity contribution is 5.61. The van der Waals surface area contributed by atoms with Gasteiger partial charge in [-0.2, -0.15) is 0 Å². The van der Waals surface area contributed by atoms with Gasteiger partial charge in [-0.3, -0.25) is 19.9 Å². The van der Waals surface area contributed by atoms with Crippen molar-refractivity contribution in [1.29, 1.82) is 0 Å². The Morgan fingerprint density at radius 2 is 0.865 bits per heavy atom. The number of hydrogen-bond acceptors (Lipinski definition) is 6. The van der Waals surface area contributed by atoms with Crippen molar-refractivity contribution in [1.82, 2.24) is 19.9 Å². The molecule has 0 spiro atoms. The summed E-state index contributed by atoms with van der Waals surface area (Å²) in [5.74, 6) is 14.8. The molecular formula is C46H50N4O2. The molecule has 6 nitrogen and oxygen atoms in total. The van der Waals surface area contributed by atoms with Crippen LogP contribution in [0, 0.1) is 23.7 Å². The lowest BCUT2D eigenvalue weighted by Gasteiger charge is -2.14. The van der Waals surface area contributed by atoms with Gasteiger partial charge in [0.05, 0.1) is 47.1 Å². The summed E-state index contributed by atoms with van der Waals surface area (Å²) in [4.78, 5) is 18.0. The lowest BCUT2D eigenvalue weighted by atomic mass is 10.1. The van der Waals surface area contributed by atoms with Gasteiger partial charge in [0.15, 0.2) is 0 Å². The van der Waals surface area contributed by atoms with E-state index in [4.69, 9.17) is 9.47 Å². The quantitative estimate of drug-likeness (QED) is 0.0673. The normalized spacial score (nSPS) is 10.5. The van der Waals surface area contributed by atoms with E-state index < -0.39 is 0 Å². The number of unbranched alkanes of at least 4 members (excludes halogenated alkanes) is 10. The predicted molar refractivity (Wildman–Crippen MR) is 211 cm³/mol. The van der Waals surface area contributed by atoms with Gasteiger partial charge < -0.3 is 9.47 Å². The lowest BCUT2D eigenvalue weighted by molar-refractivity contribution is 0.295. The second kappa shape index (κ2) is 21.7. The van der Waals surface area contributed by atoms with E-state index in [-0.39, 0.29) is 0 Å². The van der Waals surface area contributed by atoms with Crippen LogP contribution in [0.4, 0.5) is 0 Å². The van der Waals surface area contributed by atoms with Gasteiger partial charge in [-0.1, -0.05) is 114 Å². The molecular weight excluding hydrogens is 641 g/mol. The highest BCUT2D eigenvalue weighted by atomic mass is 16.5. The first-order valence-corrected chi connectivity index (χ1v) is 19.0. The fourth-order valence-corrected chi connectivity index (χ4v) is 5.67. The van der Waals surface area contributed by atoms with Crippen molar-refractivity contribution in [3.05, 3.63) is 120 Å². The van der Waals surface area contributed by atoms with Crippen molar-refractivity contribution in [2.24, 2.45) is 0 Å². The number of hydrogen-bond donors (Lipinski definition) is 0. The van der Waals surface area contributed by atoms with E-state index in [9.17, 15) is 0 Å². The first-order valence-electron chi connectivity index (χ1n) is 19.0. The molecule has 0 bridgehead atoms. The summed E-state index contributed by atoms with van der Waals surface area (Å²) in [6.45, 7) is 5.72. The summed E-state index contributed by atoms with van der Waals surface area (Å²) in [5.41, 5.74) is 6.43. The Kier molecular flexibility index (Phi) is 15.8. The molecule has 0 saturated carbocycles. The Bertz CT molecular complexity index is 1760. The molecule has 0 aliphatic rings. The van der Waals surface area contributed by atoms with Gasteiger partial charge in [-0.05, 0) is 61.4 Å². The van der Waals surface area contributed by atoms with Gasteiger partial charge in [-0.25, -0.2) is 0 Å². The highest BCUT2D eigenvalue weighted by Gasteiger charge is 2.12. The number of rotatable bonds is 18. The Morgan fingerprint density at radius 3 is 1.25 bits per heavy atom. The SMILES string of the molecule is CCCCCCCCOc1cc(C#Cc2ccc(-c3ccccn3)nc2)c(OCCCCCCCC)cc1C#Cc1ccc(-c2ccccn2)nc1. The minimum Gasteiger partial charge on any atom is -0.492 e. The summed E-state index contributed by atoms with van der Waals surface area (Å²) >= 11 is 0. The fraction of sp³-hybridized carbons (Fsp3) is 0.348. The molecule has 0 saturated heterocycles. The molecule has 0 aliphatic carbocycles. The monoisotopic (exact) mass is 690 g/mol. The van der Waals surface area contributed by atoms with E-state index >= 15 is 0 Å². The third-order valence-electron chi connectivity index (χ3n) is 8.66. The summed E-state index contributed by atoms with van der Waals surface area (Å²) in [6.07, 6.45) is 21.4. The second-order valence-corrected chi connectivity index (χ2v) is 12.9. The van der Waals surface area contributed by atoms with Gasteiger partial charge in [-0.15, -0.1) is 0 Å². The average molecular weight is 691 g/mol. The third-order valence-corrected chi connectivity index (χ3v) is 8.66. The Morgan fingerprint density at radius 1 is 0.442 bits per heavy atom. The van der Waals surface area contributed by atoms with E-state index in [1.165, 1.54) is 51.4 Å². The Labute approximate surface area is 310 Å². The van der Waals surface area contributed by atoms with Gasteiger partial charge >= 0.3 is 0 Å². The summed E-state index contributed by atoms with van der Waals surface area (Å²) in [6, 6.07) is 23.5. The molecule has 52 heavy (non-hydrogen) atoms. The van der Waals surface area contributed by atoms with Crippen molar-refractivity contribution in [3.63, 3.8) is 0 Å². The molecule has 4 heterocycles. The van der Waals surface area contributed by atoms with Crippen LogP contribution in [-0.2, 0) is 0 Å². The minimum absolute atomic E-state index is 0.616. The summed E-state index contributed by atoms with van der Waals surface area (Å²) in [5, 5.41) is 0. The van der Waals surface area contributed by atoms with Gasteiger partial charge in [0.2, 0.25) is 0 Å². The molecule has 0 amide bonds. The number of pyridine rings is 4. The average Bonchev–Trinajstić information content (AvgIpc) is 3.20. The van der Waals surface area contributed by atoms with E-state index in [0.29, 0.717) is 24.7 Å². The van der Waals surface area contributed by atoms with Crippen LogP contribution in [-0.4, -0.2) is 33.1 Å². The molecule has 0 aliphatic heterocycles. The van der Waals surface area contributed by atoms with Crippen LogP contribution in [0.3, 0.4) is 0 Å². The maximum atomic E-state index is 6.43. The van der Waals surface area contributed by atoms with Crippen molar-refractivity contribution in [3.8, 4) is 58.0 Å². The van der Waals surface area contributed by atoms with E-state index in [0.717, 1.165) is 70.7 Å². The standard InChI is InChI=1S/C46H50N4O2/c1-3-5-7-9-11-17-31-51-45-33-40(26-22-38-24-28-44(50-36-38)42-20-14-16-30-48-42)46(52-32-18-12-10-8-6-4-2)34-39(45)25-21-37-23-27-43(49-35-37)41-19-13-15-29-47-41/h13-16,19-20,23-24,27-30,33-36H,3-12,17-18,31-32H2,1-2H3. The Hall–Kier alpha value is -5.46. The predicted octanol–water partition coefficient (Wildman–Crippen LogP) is 10.9. The molecule has 6 heteroatoms. The zero-order valence-corrected chi connectivity index (χ0v) is 30.7. The minimum atomic E-state index is 0.616. The number of aromatic nitrogens is 4. The maximum absolute atomic E-state index is 6.43. The van der Waals surface area contributed by atoms with Crippen LogP contribution in [0.5, 0.6) is 11.5 Å². The smallest absolute Gasteiger partial charge is 0.136 e. The molecule has 266 valence electrons. The van der Waals surface area contributed by atoms with Gasteiger partial charge in [0, 0.05) is 48.0 Å². The van der Waals surface area contributed by atoms with E-state index in [2.05, 4.69) is 57.5 Å². The van der Waals surface area contributed by atoms with Crippen molar-refractivity contribution in [2.45, 2.75) is 90.9 Å². The molecule has 0 fully saturated rings. The molecule has 0 radical (unpaired) electrons. The first kappa shape index (κ1) is 37.8. The van der Waals surface area contributed by atoms with E-state index in [1.807, 2.05) is 72.8 Å². The fourth-order valence-electron chi connectivity index (χ4n) is 5.67. The zero-order valence-electron chi connectivity index (χ0n) is 30.7. The second-order valence-electron chi connectivity index (χ2n) is 12.9. The van der Waals surface area contributed by atoms with Crippen LogP contribution >= 0.6 is 0 Å². The summed E-state index contributed by atoms with van der Waals surface area (Å²) < 4.78 is 12.9. The van der Waals surface area contributed by atoms with Gasteiger partial charge in [0.25, 0.3) is 0 Å². The summed E-state index contributed by atoms with van der Waals surface area (Å²) in [7, 11) is 0.